The highest BCUT2D eigenvalue weighted by Crippen LogP contribution is 2.43. The SMILES string of the molecule is COc1ccc(N2C(=O)C(=O)C(=C(O)c3ccccc3)[C@H]2c2cccc([N+](=O)[O-])c2)cc1. The first kappa shape index (κ1) is 20.8. The van der Waals surface area contributed by atoms with E-state index in [0.717, 1.165) is 0 Å². The first-order valence-corrected chi connectivity index (χ1v) is 9.67. The second-order valence-corrected chi connectivity index (χ2v) is 7.09. The van der Waals surface area contributed by atoms with Gasteiger partial charge in [0.2, 0.25) is 0 Å². The van der Waals surface area contributed by atoms with Crippen LogP contribution >= 0.6 is 0 Å². The molecule has 3 aromatic carbocycles. The summed E-state index contributed by atoms with van der Waals surface area (Å²) in [4.78, 5) is 38.2. The molecule has 0 saturated carbocycles. The molecule has 0 spiro atoms. The topological polar surface area (TPSA) is 110 Å². The summed E-state index contributed by atoms with van der Waals surface area (Å²) in [6.45, 7) is 0. The highest BCUT2D eigenvalue weighted by Gasteiger charge is 2.47. The maximum absolute atomic E-state index is 13.1. The molecule has 0 aliphatic carbocycles. The molecule has 1 N–H and O–H groups in total. The Morgan fingerprint density at radius 2 is 1.69 bits per heavy atom. The summed E-state index contributed by atoms with van der Waals surface area (Å²) in [5.41, 5.74) is 0.735. The molecule has 160 valence electrons. The van der Waals surface area contributed by atoms with Gasteiger partial charge in [0, 0.05) is 23.4 Å². The van der Waals surface area contributed by atoms with E-state index in [0.29, 0.717) is 22.6 Å². The van der Waals surface area contributed by atoms with Gasteiger partial charge in [-0.15, -0.1) is 0 Å². The Labute approximate surface area is 183 Å². The van der Waals surface area contributed by atoms with E-state index in [1.807, 2.05) is 0 Å². The smallest absolute Gasteiger partial charge is 0.300 e. The van der Waals surface area contributed by atoms with Gasteiger partial charge in [0.15, 0.2) is 0 Å². The lowest BCUT2D eigenvalue weighted by atomic mass is 9.95. The maximum Gasteiger partial charge on any atom is 0.300 e. The van der Waals surface area contributed by atoms with E-state index in [4.69, 9.17) is 4.74 Å². The minimum absolute atomic E-state index is 0.141. The molecule has 8 nitrogen and oxygen atoms in total. The molecule has 1 atom stereocenters. The summed E-state index contributed by atoms with van der Waals surface area (Å²) in [5.74, 6) is -1.51. The highest BCUT2D eigenvalue weighted by molar-refractivity contribution is 6.51. The third-order valence-corrected chi connectivity index (χ3v) is 5.24. The number of methoxy groups -OCH3 is 1. The fraction of sp³-hybridized carbons (Fsp3) is 0.0833. The summed E-state index contributed by atoms with van der Waals surface area (Å²) in [6.07, 6.45) is 0. The number of amides is 1. The van der Waals surface area contributed by atoms with Gasteiger partial charge in [0.1, 0.15) is 11.5 Å². The lowest BCUT2D eigenvalue weighted by Crippen LogP contribution is -2.29. The summed E-state index contributed by atoms with van der Waals surface area (Å²) >= 11 is 0. The number of aliphatic hydroxyl groups excluding tert-OH is 1. The second-order valence-electron chi connectivity index (χ2n) is 7.09. The van der Waals surface area contributed by atoms with Gasteiger partial charge in [0.05, 0.1) is 23.6 Å². The van der Waals surface area contributed by atoms with Crippen molar-refractivity contribution in [2.45, 2.75) is 6.04 Å². The quantitative estimate of drug-likeness (QED) is 0.213. The Kier molecular flexibility index (Phi) is 5.43. The van der Waals surface area contributed by atoms with E-state index in [1.54, 1.807) is 60.7 Å². The molecule has 0 bridgehead atoms. The van der Waals surface area contributed by atoms with E-state index < -0.39 is 22.7 Å². The molecular formula is C24H18N2O6. The number of Topliss-reactive ketones (excluding diaryl/α,β-unsaturated/α-hetero) is 1. The van der Waals surface area contributed by atoms with Crippen LogP contribution in [0.1, 0.15) is 17.2 Å². The zero-order valence-corrected chi connectivity index (χ0v) is 17.0. The van der Waals surface area contributed by atoms with Crippen molar-refractivity contribution in [2.75, 3.05) is 12.0 Å². The number of rotatable bonds is 5. The molecule has 1 fully saturated rings. The first-order valence-electron chi connectivity index (χ1n) is 9.67. The lowest BCUT2D eigenvalue weighted by Gasteiger charge is -2.25. The van der Waals surface area contributed by atoms with E-state index in [2.05, 4.69) is 0 Å². The number of aliphatic hydroxyl groups is 1. The molecule has 1 aliphatic heterocycles. The Bertz CT molecular complexity index is 1230. The van der Waals surface area contributed by atoms with Crippen LogP contribution in [0, 0.1) is 10.1 Å². The van der Waals surface area contributed by atoms with E-state index >= 15 is 0 Å². The highest BCUT2D eigenvalue weighted by atomic mass is 16.6. The van der Waals surface area contributed by atoms with Crippen LogP contribution in [0.25, 0.3) is 5.76 Å². The van der Waals surface area contributed by atoms with Crippen molar-refractivity contribution in [1.82, 2.24) is 0 Å². The summed E-state index contributed by atoms with van der Waals surface area (Å²) in [5, 5.41) is 22.3. The molecule has 0 aromatic heterocycles. The Morgan fingerprint density at radius 3 is 2.31 bits per heavy atom. The van der Waals surface area contributed by atoms with Crippen molar-refractivity contribution in [3.05, 3.63) is 106 Å². The summed E-state index contributed by atoms with van der Waals surface area (Å²) in [7, 11) is 1.50. The number of nitro benzene ring substituents is 1. The fourth-order valence-corrected chi connectivity index (χ4v) is 3.72. The van der Waals surface area contributed by atoms with E-state index in [-0.39, 0.29) is 17.0 Å². The lowest BCUT2D eigenvalue weighted by molar-refractivity contribution is -0.384. The molecule has 0 unspecified atom stereocenters. The minimum Gasteiger partial charge on any atom is -0.507 e. The monoisotopic (exact) mass is 430 g/mol. The van der Waals surface area contributed by atoms with Gasteiger partial charge in [-0.25, -0.2) is 0 Å². The number of nitro groups is 1. The number of nitrogens with zero attached hydrogens (tertiary/aromatic N) is 2. The molecule has 3 aromatic rings. The number of anilines is 1. The van der Waals surface area contributed by atoms with Gasteiger partial charge in [0.25, 0.3) is 17.4 Å². The number of carbonyl (C=O) groups excluding carboxylic acids is 2. The molecule has 8 heteroatoms. The van der Waals surface area contributed by atoms with Gasteiger partial charge in [-0.1, -0.05) is 42.5 Å². The van der Waals surface area contributed by atoms with Crippen molar-refractivity contribution in [3.63, 3.8) is 0 Å². The fourth-order valence-electron chi connectivity index (χ4n) is 3.72. The van der Waals surface area contributed by atoms with Gasteiger partial charge >= 0.3 is 0 Å². The van der Waals surface area contributed by atoms with Crippen LogP contribution < -0.4 is 9.64 Å². The van der Waals surface area contributed by atoms with E-state index in [1.165, 1.54) is 30.2 Å². The zero-order valence-electron chi connectivity index (χ0n) is 17.0. The van der Waals surface area contributed by atoms with Crippen LogP contribution in [0.4, 0.5) is 11.4 Å². The molecule has 1 saturated heterocycles. The normalized spacial score (nSPS) is 17.4. The minimum atomic E-state index is -1.05. The van der Waals surface area contributed by atoms with Crippen LogP contribution in [0.3, 0.4) is 0 Å². The number of hydrogen-bond acceptors (Lipinski definition) is 6. The second kappa shape index (κ2) is 8.35. The Hall–Kier alpha value is -4.46. The average molecular weight is 430 g/mol. The standard InChI is InChI=1S/C24H18N2O6/c1-32-19-12-10-17(11-13-19)25-21(16-8-5-9-18(14-16)26(30)31)20(23(28)24(25)29)22(27)15-6-3-2-4-7-15/h2-14,21,27H,1H3/t21-/m1/s1. The van der Waals surface area contributed by atoms with Crippen LogP contribution in [-0.4, -0.2) is 28.8 Å². The van der Waals surface area contributed by atoms with Crippen molar-refractivity contribution >= 4 is 28.8 Å². The van der Waals surface area contributed by atoms with Crippen LogP contribution in [0.2, 0.25) is 0 Å². The molecule has 1 amide bonds. The van der Waals surface area contributed by atoms with Gasteiger partial charge in [-0.2, -0.15) is 0 Å². The molecule has 0 radical (unpaired) electrons. The van der Waals surface area contributed by atoms with E-state index in [9.17, 15) is 24.8 Å². The molecular weight excluding hydrogens is 412 g/mol. The van der Waals surface area contributed by atoms with Gasteiger partial charge in [-0.05, 0) is 29.8 Å². The number of ether oxygens (including phenoxy) is 1. The number of carbonyl (C=O) groups is 2. The van der Waals surface area contributed by atoms with Gasteiger partial charge < -0.3 is 9.84 Å². The maximum atomic E-state index is 13.1. The van der Waals surface area contributed by atoms with Gasteiger partial charge in [-0.3, -0.25) is 24.6 Å². The predicted octanol–water partition coefficient (Wildman–Crippen LogP) is 4.23. The Morgan fingerprint density at radius 1 is 1.00 bits per heavy atom. The molecule has 1 aliphatic rings. The number of non-ortho nitro benzene ring substituents is 1. The Balaban J connectivity index is 1.95. The summed E-state index contributed by atoms with van der Waals surface area (Å²) in [6, 6.07) is 19.5. The first-order chi connectivity index (χ1) is 15.4. The third kappa shape index (κ3) is 3.58. The number of benzene rings is 3. The zero-order chi connectivity index (χ0) is 22.8. The van der Waals surface area contributed by atoms with Crippen LogP contribution in [0.5, 0.6) is 5.75 Å². The third-order valence-electron chi connectivity index (χ3n) is 5.24. The average Bonchev–Trinajstić information content (AvgIpc) is 3.09. The molecule has 1 heterocycles. The van der Waals surface area contributed by atoms with Crippen LogP contribution in [0.15, 0.2) is 84.4 Å². The predicted molar refractivity (Wildman–Crippen MR) is 117 cm³/mol. The van der Waals surface area contributed by atoms with Crippen molar-refractivity contribution in [1.29, 1.82) is 0 Å². The van der Waals surface area contributed by atoms with Crippen LogP contribution in [-0.2, 0) is 9.59 Å². The largest absolute Gasteiger partial charge is 0.507 e. The van der Waals surface area contributed by atoms with Crippen molar-refractivity contribution in [2.24, 2.45) is 0 Å². The molecule has 32 heavy (non-hydrogen) atoms. The molecule has 4 rings (SSSR count). The number of hydrogen-bond donors (Lipinski definition) is 1. The van der Waals surface area contributed by atoms with Crippen molar-refractivity contribution < 1.29 is 24.4 Å². The summed E-state index contributed by atoms with van der Waals surface area (Å²) < 4.78 is 5.16. The number of ketones is 1. The van der Waals surface area contributed by atoms with Crippen molar-refractivity contribution in [3.8, 4) is 5.75 Å².